The molecule has 0 saturated carbocycles. The fraction of sp³-hybridized carbons (Fsp3) is 0. The predicted octanol–water partition coefficient (Wildman–Crippen LogP) is 2.75. The quantitative estimate of drug-likeness (QED) is 0.727. The summed E-state index contributed by atoms with van der Waals surface area (Å²) in [5.74, 6) is -0.241. The minimum Gasteiger partial charge on any atom is -0.746 e. The molecule has 2 unspecified atom stereocenters. The molecule has 2 aromatic carbocycles. The summed E-state index contributed by atoms with van der Waals surface area (Å²) in [6, 6.07) is 12.5. The summed E-state index contributed by atoms with van der Waals surface area (Å²) in [6.45, 7) is 0. The van der Waals surface area contributed by atoms with Crippen molar-refractivity contribution < 1.29 is 32.3 Å². The zero-order chi connectivity index (χ0) is 16.2. The Bertz CT molecular complexity index is 720. The van der Waals surface area contributed by atoms with Gasteiger partial charge >= 0.3 is 15.6 Å². The number of phosphoric ester groups is 2. The lowest BCUT2D eigenvalue weighted by Gasteiger charge is -2.30. The molecule has 22 heavy (non-hydrogen) atoms. The van der Waals surface area contributed by atoms with Gasteiger partial charge in [0, 0.05) is 5.02 Å². The number of hydrogen-bond donors (Lipinski definition) is 0. The van der Waals surface area contributed by atoms with E-state index >= 15 is 0 Å². The highest BCUT2D eigenvalue weighted by Gasteiger charge is 2.22. The maximum absolute atomic E-state index is 11.6. The Labute approximate surface area is 131 Å². The van der Waals surface area contributed by atoms with E-state index in [-0.39, 0.29) is 11.5 Å². The molecule has 0 heterocycles. The monoisotopic (exact) mass is 362 g/mol. The van der Waals surface area contributed by atoms with Gasteiger partial charge in [0.15, 0.2) is 0 Å². The molecule has 2 rings (SSSR count). The Balaban J connectivity index is 2.05. The largest absolute Gasteiger partial charge is 0.746 e. The van der Waals surface area contributed by atoms with Crippen molar-refractivity contribution in [2.75, 3.05) is 0 Å². The molecular weight excluding hydrogens is 354 g/mol. The van der Waals surface area contributed by atoms with Gasteiger partial charge in [-0.3, -0.25) is 9.13 Å². The third kappa shape index (κ3) is 5.46. The molecular formula is C12H9ClO7P2-2. The Morgan fingerprint density at radius 1 is 0.773 bits per heavy atom. The topological polar surface area (TPSA) is 108 Å². The first-order valence-corrected chi connectivity index (χ1v) is 9.09. The lowest BCUT2D eigenvalue weighted by molar-refractivity contribution is -0.234. The van der Waals surface area contributed by atoms with E-state index in [0.717, 1.165) is 0 Å². The molecule has 0 radical (unpaired) electrons. The standard InChI is InChI=1S/C12H11ClO7P2/c13-10-6-8-12(9-7-10)19-22(16,17)20-21(14,15)18-11-4-2-1-3-5-11/h1-9H,(H,14,15)(H,16,17)/p-2. The molecule has 0 amide bonds. The van der Waals surface area contributed by atoms with Crippen LogP contribution in [0.3, 0.4) is 0 Å². The first-order valence-electron chi connectivity index (χ1n) is 5.79. The summed E-state index contributed by atoms with van der Waals surface area (Å²) < 4.78 is 36.1. The molecule has 7 nitrogen and oxygen atoms in total. The van der Waals surface area contributed by atoms with Gasteiger partial charge in [-0.1, -0.05) is 29.8 Å². The van der Waals surface area contributed by atoms with Gasteiger partial charge in [0.05, 0.1) is 0 Å². The third-order valence-corrected chi connectivity index (χ3v) is 4.91. The fourth-order valence-corrected chi connectivity index (χ4v) is 3.52. The third-order valence-electron chi connectivity index (χ3n) is 2.19. The van der Waals surface area contributed by atoms with Crippen LogP contribution in [-0.2, 0) is 13.4 Å². The highest BCUT2D eigenvalue weighted by Crippen LogP contribution is 2.55. The van der Waals surface area contributed by atoms with Gasteiger partial charge in [0.25, 0.3) is 0 Å². The number of hydrogen-bond acceptors (Lipinski definition) is 7. The second-order valence-corrected chi connectivity index (χ2v) is 7.17. The van der Waals surface area contributed by atoms with Crippen LogP contribution in [0.4, 0.5) is 0 Å². The Kier molecular flexibility index (Phi) is 5.29. The van der Waals surface area contributed by atoms with Crippen LogP contribution in [0, 0.1) is 0 Å². The highest BCUT2D eigenvalue weighted by molar-refractivity contribution is 7.60. The van der Waals surface area contributed by atoms with E-state index in [0.29, 0.717) is 5.02 Å². The van der Waals surface area contributed by atoms with E-state index in [2.05, 4.69) is 13.4 Å². The minimum absolute atomic E-state index is 0.0904. The summed E-state index contributed by atoms with van der Waals surface area (Å²) in [5.41, 5.74) is 0. The molecule has 0 aliphatic heterocycles. The van der Waals surface area contributed by atoms with Crippen molar-refractivity contribution >= 4 is 27.2 Å². The molecule has 0 bridgehead atoms. The van der Waals surface area contributed by atoms with E-state index in [1.807, 2.05) is 0 Å². The average molecular weight is 363 g/mol. The van der Waals surface area contributed by atoms with Crippen molar-refractivity contribution in [2.24, 2.45) is 0 Å². The van der Waals surface area contributed by atoms with Crippen LogP contribution in [-0.4, -0.2) is 0 Å². The number of phosphoric acid groups is 2. The maximum Gasteiger partial charge on any atom is 0.327 e. The summed E-state index contributed by atoms with van der Waals surface area (Å²) in [4.78, 5) is 23.2. The molecule has 0 saturated heterocycles. The van der Waals surface area contributed by atoms with Crippen molar-refractivity contribution in [1.82, 2.24) is 0 Å². The average Bonchev–Trinajstić information content (AvgIpc) is 2.40. The Hall–Kier alpha value is -1.33. The smallest absolute Gasteiger partial charge is 0.327 e. The molecule has 2 aromatic rings. The molecule has 0 fully saturated rings. The van der Waals surface area contributed by atoms with E-state index < -0.39 is 15.6 Å². The molecule has 10 heteroatoms. The SMILES string of the molecule is O=P([O-])(Oc1ccccc1)OP(=O)([O-])Oc1ccc(Cl)cc1. The molecule has 0 aromatic heterocycles. The zero-order valence-electron chi connectivity index (χ0n) is 10.8. The normalized spacial score (nSPS) is 16.3. The van der Waals surface area contributed by atoms with E-state index in [1.165, 1.54) is 48.5 Å². The molecule has 0 N–H and O–H groups in total. The van der Waals surface area contributed by atoms with Gasteiger partial charge in [0.2, 0.25) is 0 Å². The maximum atomic E-state index is 11.6. The summed E-state index contributed by atoms with van der Waals surface area (Å²) in [5, 5.41) is 0.357. The Morgan fingerprint density at radius 2 is 1.23 bits per heavy atom. The van der Waals surface area contributed by atoms with Gasteiger partial charge in [-0.05, 0) is 36.4 Å². The van der Waals surface area contributed by atoms with E-state index in [9.17, 15) is 18.9 Å². The van der Waals surface area contributed by atoms with Gasteiger partial charge in [-0.25, -0.2) is 4.31 Å². The second-order valence-electron chi connectivity index (χ2n) is 3.93. The lowest BCUT2D eigenvalue weighted by Crippen LogP contribution is -2.16. The molecule has 0 spiro atoms. The number of halogens is 1. The van der Waals surface area contributed by atoms with Crippen molar-refractivity contribution in [2.45, 2.75) is 0 Å². The van der Waals surface area contributed by atoms with Crippen LogP contribution in [0.15, 0.2) is 54.6 Å². The van der Waals surface area contributed by atoms with Crippen LogP contribution < -0.4 is 18.8 Å². The second kappa shape index (κ2) is 6.84. The lowest BCUT2D eigenvalue weighted by atomic mass is 10.3. The van der Waals surface area contributed by atoms with Crippen LogP contribution >= 0.6 is 27.2 Å². The number of para-hydroxylation sites is 1. The zero-order valence-corrected chi connectivity index (χ0v) is 13.4. The minimum atomic E-state index is -5.18. The van der Waals surface area contributed by atoms with E-state index in [4.69, 9.17) is 11.6 Å². The number of benzene rings is 2. The van der Waals surface area contributed by atoms with Gasteiger partial charge in [0.1, 0.15) is 11.5 Å². The molecule has 2 atom stereocenters. The van der Waals surface area contributed by atoms with Crippen molar-refractivity contribution in [1.29, 1.82) is 0 Å². The predicted molar refractivity (Wildman–Crippen MR) is 75.4 cm³/mol. The van der Waals surface area contributed by atoms with Crippen LogP contribution in [0.5, 0.6) is 11.5 Å². The molecule has 118 valence electrons. The number of rotatable bonds is 6. The fourth-order valence-electron chi connectivity index (χ4n) is 1.39. The summed E-state index contributed by atoms with van der Waals surface area (Å²) in [7, 11) is -10.3. The van der Waals surface area contributed by atoms with Crippen LogP contribution in [0.25, 0.3) is 0 Å². The van der Waals surface area contributed by atoms with Gasteiger partial charge in [-0.15, -0.1) is 0 Å². The van der Waals surface area contributed by atoms with Crippen LogP contribution in [0.2, 0.25) is 5.02 Å². The van der Waals surface area contributed by atoms with Crippen molar-refractivity contribution in [3.8, 4) is 11.5 Å². The molecule has 0 aliphatic carbocycles. The van der Waals surface area contributed by atoms with Crippen LogP contribution in [0.1, 0.15) is 0 Å². The highest BCUT2D eigenvalue weighted by atomic mass is 35.5. The first kappa shape index (κ1) is 17.0. The van der Waals surface area contributed by atoms with E-state index in [1.54, 1.807) is 6.07 Å². The van der Waals surface area contributed by atoms with Crippen molar-refractivity contribution in [3.05, 3.63) is 59.6 Å². The van der Waals surface area contributed by atoms with Gasteiger partial charge in [-0.2, -0.15) is 0 Å². The van der Waals surface area contributed by atoms with Crippen molar-refractivity contribution in [3.63, 3.8) is 0 Å². The van der Waals surface area contributed by atoms with Gasteiger partial charge < -0.3 is 18.8 Å². The summed E-state index contributed by atoms with van der Waals surface area (Å²) in [6.07, 6.45) is 0. The molecule has 0 aliphatic rings. The summed E-state index contributed by atoms with van der Waals surface area (Å²) >= 11 is 5.63. The Morgan fingerprint density at radius 3 is 1.73 bits per heavy atom. The first-order chi connectivity index (χ1) is 10.3.